The Morgan fingerprint density at radius 2 is 2.00 bits per heavy atom. The van der Waals surface area contributed by atoms with Crippen molar-refractivity contribution in [3.8, 4) is 0 Å². The number of carboxylic acid groups (broad SMARTS) is 1. The fourth-order valence-electron chi connectivity index (χ4n) is 3.94. The molecular weight excluding hydrogens is 412 g/mol. The topological polar surface area (TPSA) is 104 Å². The second-order valence-electron chi connectivity index (χ2n) is 7.33. The molecule has 0 bridgehead atoms. The van der Waals surface area contributed by atoms with Gasteiger partial charge in [-0.1, -0.05) is 30.3 Å². The Labute approximate surface area is 177 Å². The first-order valence-electron chi connectivity index (χ1n) is 9.71. The Balaban J connectivity index is 1.75. The maximum absolute atomic E-state index is 13.2. The van der Waals surface area contributed by atoms with E-state index in [1.54, 1.807) is 0 Å². The molecule has 2 aliphatic rings. The highest BCUT2D eigenvalue weighted by Crippen LogP contribution is 2.29. The number of carbonyl (C=O) groups is 3. The van der Waals surface area contributed by atoms with Crippen molar-refractivity contribution in [1.29, 1.82) is 0 Å². The Morgan fingerprint density at radius 3 is 2.66 bits per heavy atom. The van der Waals surface area contributed by atoms with E-state index in [0.717, 1.165) is 5.56 Å². The highest BCUT2D eigenvalue weighted by molar-refractivity contribution is 7.99. The number of piperidine rings is 1. The Hall–Kier alpha value is -1.87. The van der Waals surface area contributed by atoms with Gasteiger partial charge in [-0.15, -0.1) is 0 Å². The standard InChI is InChI=1S/C20H26N2O5S2/c1-28-16(12-13-6-3-2-4-7-13)18(23)21-14-10-11-29(27)17-9-5-8-15(20(25)26)22(17)19(14)24/h2-4,6-7,14-17H,5,8-12H2,1H3,(H,21,23)(H,25,26)/t14-,15-,16-,17-,29?/m0/s1. The molecule has 9 heteroatoms. The van der Waals surface area contributed by atoms with Crippen LogP contribution in [0.1, 0.15) is 31.2 Å². The molecule has 2 heterocycles. The molecule has 5 atom stereocenters. The van der Waals surface area contributed by atoms with E-state index in [4.69, 9.17) is 0 Å². The molecule has 3 rings (SSSR count). The summed E-state index contributed by atoms with van der Waals surface area (Å²) in [7, 11) is -1.33. The van der Waals surface area contributed by atoms with E-state index in [1.165, 1.54) is 16.7 Å². The summed E-state index contributed by atoms with van der Waals surface area (Å²) in [6.07, 6.45) is 4.13. The first-order valence-corrected chi connectivity index (χ1v) is 12.4. The smallest absolute Gasteiger partial charge is 0.326 e. The maximum Gasteiger partial charge on any atom is 0.326 e. The molecule has 1 unspecified atom stereocenters. The SMILES string of the molecule is CS[C@@H](Cc1ccccc1)C(=O)N[C@H]1CCS(=O)[C@H]2CCC[C@@H](C(=O)O)N2C1=O. The van der Waals surface area contributed by atoms with Crippen LogP contribution in [-0.2, 0) is 31.6 Å². The highest BCUT2D eigenvalue weighted by atomic mass is 32.2. The second-order valence-corrected chi connectivity index (χ2v) is 10.1. The fraction of sp³-hybridized carbons (Fsp3) is 0.550. The quantitative estimate of drug-likeness (QED) is 0.696. The number of carboxylic acids is 1. The van der Waals surface area contributed by atoms with Crippen LogP contribution in [0.3, 0.4) is 0 Å². The molecule has 2 fully saturated rings. The van der Waals surface area contributed by atoms with Gasteiger partial charge < -0.3 is 15.3 Å². The minimum Gasteiger partial charge on any atom is -0.480 e. The fourth-order valence-corrected chi connectivity index (χ4v) is 6.26. The monoisotopic (exact) mass is 438 g/mol. The number of nitrogens with one attached hydrogen (secondary N) is 1. The lowest BCUT2D eigenvalue weighted by Gasteiger charge is -2.39. The zero-order chi connectivity index (χ0) is 21.0. The van der Waals surface area contributed by atoms with Gasteiger partial charge in [-0.25, -0.2) is 4.79 Å². The maximum atomic E-state index is 13.2. The van der Waals surface area contributed by atoms with Gasteiger partial charge in [0.25, 0.3) is 0 Å². The molecule has 2 saturated heterocycles. The van der Waals surface area contributed by atoms with Gasteiger partial charge in [-0.3, -0.25) is 13.8 Å². The number of amides is 2. The van der Waals surface area contributed by atoms with Gasteiger partial charge in [0.2, 0.25) is 11.8 Å². The van der Waals surface area contributed by atoms with Crippen LogP contribution >= 0.6 is 11.8 Å². The van der Waals surface area contributed by atoms with Crippen molar-refractivity contribution >= 4 is 40.3 Å². The van der Waals surface area contributed by atoms with Crippen molar-refractivity contribution in [2.24, 2.45) is 0 Å². The molecule has 1 aromatic carbocycles. The molecule has 0 spiro atoms. The minimum absolute atomic E-state index is 0.253. The van der Waals surface area contributed by atoms with Gasteiger partial charge in [0.15, 0.2) is 0 Å². The molecule has 0 radical (unpaired) electrons. The molecule has 2 aliphatic heterocycles. The van der Waals surface area contributed by atoms with E-state index >= 15 is 0 Å². The third-order valence-electron chi connectivity index (χ3n) is 5.48. The largest absolute Gasteiger partial charge is 0.480 e. The van der Waals surface area contributed by atoms with E-state index in [1.807, 2.05) is 36.6 Å². The zero-order valence-electron chi connectivity index (χ0n) is 16.3. The highest BCUT2D eigenvalue weighted by Gasteiger charge is 2.45. The molecule has 0 aliphatic carbocycles. The van der Waals surface area contributed by atoms with E-state index in [2.05, 4.69) is 5.32 Å². The van der Waals surface area contributed by atoms with Crippen LogP contribution in [0.25, 0.3) is 0 Å². The molecule has 2 N–H and O–H groups in total. The number of benzene rings is 1. The normalized spacial score (nSPS) is 28.2. The van der Waals surface area contributed by atoms with E-state index in [0.29, 0.717) is 25.7 Å². The number of hydrogen-bond donors (Lipinski definition) is 2. The average molecular weight is 439 g/mol. The molecule has 29 heavy (non-hydrogen) atoms. The molecule has 158 valence electrons. The molecular formula is C20H26N2O5S2. The lowest BCUT2D eigenvalue weighted by Crippen LogP contribution is -2.58. The molecule has 0 aromatic heterocycles. The van der Waals surface area contributed by atoms with Crippen LogP contribution in [0.2, 0.25) is 0 Å². The number of nitrogens with zero attached hydrogens (tertiary/aromatic N) is 1. The predicted molar refractivity (Wildman–Crippen MR) is 113 cm³/mol. The number of thioether (sulfide) groups is 1. The van der Waals surface area contributed by atoms with E-state index < -0.39 is 40.1 Å². The summed E-state index contributed by atoms with van der Waals surface area (Å²) in [5.74, 6) is -1.50. The van der Waals surface area contributed by atoms with Gasteiger partial charge in [0, 0.05) is 16.6 Å². The van der Waals surface area contributed by atoms with Crippen LogP contribution in [0.4, 0.5) is 0 Å². The predicted octanol–water partition coefficient (Wildman–Crippen LogP) is 1.39. The van der Waals surface area contributed by atoms with Crippen molar-refractivity contribution in [2.75, 3.05) is 12.0 Å². The van der Waals surface area contributed by atoms with Gasteiger partial charge in [0.05, 0.1) is 5.25 Å². The summed E-state index contributed by atoms with van der Waals surface area (Å²) in [6.45, 7) is 0. The number of hydrogen-bond acceptors (Lipinski definition) is 5. The summed E-state index contributed by atoms with van der Waals surface area (Å²) in [6, 6.07) is 7.81. The van der Waals surface area contributed by atoms with Gasteiger partial charge in [-0.2, -0.15) is 11.8 Å². The number of aliphatic carboxylic acids is 1. The van der Waals surface area contributed by atoms with E-state index in [-0.39, 0.29) is 23.3 Å². The zero-order valence-corrected chi connectivity index (χ0v) is 17.9. The first kappa shape index (κ1) is 21.8. The first-order chi connectivity index (χ1) is 13.9. The third-order valence-corrected chi connectivity index (χ3v) is 8.14. The molecule has 2 amide bonds. The second kappa shape index (κ2) is 9.75. The van der Waals surface area contributed by atoms with Crippen LogP contribution in [-0.4, -0.2) is 66.7 Å². The van der Waals surface area contributed by atoms with Crippen molar-refractivity contribution in [3.05, 3.63) is 35.9 Å². The lowest BCUT2D eigenvalue weighted by atomic mass is 10.00. The molecule has 1 aromatic rings. The molecule has 7 nitrogen and oxygen atoms in total. The van der Waals surface area contributed by atoms with Crippen molar-refractivity contribution < 1.29 is 23.7 Å². The Kier molecular flexibility index (Phi) is 7.34. The number of carbonyl (C=O) groups excluding carboxylic acids is 2. The van der Waals surface area contributed by atoms with Gasteiger partial charge >= 0.3 is 5.97 Å². The van der Waals surface area contributed by atoms with Crippen LogP contribution in [0, 0.1) is 0 Å². The summed E-state index contributed by atoms with van der Waals surface area (Å²) in [5.41, 5.74) is 1.03. The lowest BCUT2D eigenvalue weighted by molar-refractivity contribution is -0.154. The summed E-state index contributed by atoms with van der Waals surface area (Å²) in [5, 5.41) is 11.4. The van der Waals surface area contributed by atoms with Gasteiger partial charge in [0.1, 0.15) is 17.5 Å². The Bertz CT molecular complexity index is 788. The van der Waals surface area contributed by atoms with E-state index in [9.17, 15) is 23.7 Å². The van der Waals surface area contributed by atoms with Gasteiger partial charge in [-0.05, 0) is 43.9 Å². The summed E-state index contributed by atoms with van der Waals surface area (Å²) in [4.78, 5) is 39.0. The Morgan fingerprint density at radius 1 is 1.28 bits per heavy atom. The molecule has 0 saturated carbocycles. The minimum atomic E-state index is -1.33. The van der Waals surface area contributed by atoms with Crippen molar-refractivity contribution in [1.82, 2.24) is 10.2 Å². The van der Waals surface area contributed by atoms with Crippen LogP contribution in [0.15, 0.2) is 30.3 Å². The van der Waals surface area contributed by atoms with Crippen molar-refractivity contribution in [2.45, 2.75) is 54.8 Å². The number of fused-ring (bicyclic) bond motifs is 1. The summed E-state index contributed by atoms with van der Waals surface area (Å²) < 4.78 is 12.6. The van der Waals surface area contributed by atoms with Crippen molar-refractivity contribution in [3.63, 3.8) is 0 Å². The summed E-state index contributed by atoms with van der Waals surface area (Å²) >= 11 is 1.41. The average Bonchev–Trinajstić information content (AvgIpc) is 2.84. The third kappa shape index (κ3) is 5.01. The van der Waals surface area contributed by atoms with Crippen LogP contribution < -0.4 is 5.32 Å². The number of rotatable bonds is 6. The van der Waals surface area contributed by atoms with Crippen LogP contribution in [0.5, 0.6) is 0 Å².